The quantitative estimate of drug-likeness (QED) is 0.341. The molecule has 2 saturated heterocycles. The second-order valence-electron chi connectivity index (χ2n) is 7.39. The fourth-order valence-corrected chi connectivity index (χ4v) is 4.04. The largest absolute Gasteiger partial charge is 0.379 e. The summed E-state index contributed by atoms with van der Waals surface area (Å²) in [6.07, 6.45) is 2.58. The number of benzene rings is 1. The molecule has 2 fully saturated rings. The van der Waals surface area contributed by atoms with E-state index in [0.717, 1.165) is 58.4 Å². The molecule has 2 aliphatic heterocycles. The van der Waals surface area contributed by atoms with E-state index in [1.807, 2.05) is 7.05 Å². The van der Waals surface area contributed by atoms with Gasteiger partial charge in [0.1, 0.15) is 0 Å². The van der Waals surface area contributed by atoms with E-state index in [4.69, 9.17) is 4.74 Å². The highest BCUT2D eigenvalue weighted by Crippen LogP contribution is 2.16. The molecule has 7 heteroatoms. The minimum absolute atomic E-state index is 0. The number of halogens is 1. The summed E-state index contributed by atoms with van der Waals surface area (Å²) < 4.78 is 5.46. The van der Waals surface area contributed by atoms with Crippen molar-refractivity contribution in [2.75, 3.05) is 53.0 Å². The summed E-state index contributed by atoms with van der Waals surface area (Å²) in [7, 11) is 1.85. The van der Waals surface area contributed by atoms with Crippen LogP contribution in [-0.4, -0.2) is 74.8 Å². The summed E-state index contributed by atoms with van der Waals surface area (Å²) in [6, 6.07) is 9.33. The van der Waals surface area contributed by atoms with E-state index in [-0.39, 0.29) is 24.0 Å². The van der Waals surface area contributed by atoms with Gasteiger partial charge in [0.15, 0.2) is 5.96 Å². The van der Waals surface area contributed by atoms with E-state index in [9.17, 15) is 0 Å². The molecule has 0 bridgehead atoms. The van der Waals surface area contributed by atoms with E-state index in [1.54, 1.807) is 0 Å². The number of nitrogens with zero attached hydrogens (tertiary/aromatic N) is 3. The molecule has 3 rings (SSSR count). The fourth-order valence-electron chi connectivity index (χ4n) is 4.04. The summed E-state index contributed by atoms with van der Waals surface area (Å²) >= 11 is 0. The van der Waals surface area contributed by atoms with Crippen molar-refractivity contribution in [2.45, 2.75) is 38.9 Å². The van der Waals surface area contributed by atoms with Crippen LogP contribution in [-0.2, 0) is 17.8 Å². The summed E-state index contributed by atoms with van der Waals surface area (Å²) in [5.41, 5.74) is 2.72. The van der Waals surface area contributed by atoms with E-state index in [0.29, 0.717) is 6.04 Å². The maximum atomic E-state index is 5.46. The van der Waals surface area contributed by atoms with Gasteiger partial charge in [-0.1, -0.05) is 31.2 Å². The molecule has 2 aliphatic rings. The number of rotatable bonds is 7. The lowest BCUT2D eigenvalue weighted by atomic mass is 10.1. The fraction of sp³-hybridized carbons (Fsp3) is 0.667. The molecule has 158 valence electrons. The highest BCUT2D eigenvalue weighted by molar-refractivity contribution is 14.0. The van der Waals surface area contributed by atoms with E-state index in [2.05, 4.69) is 56.6 Å². The van der Waals surface area contributed by atoms with Crippen molar-refractivity contribution in [1.82, 2.24) is 20.4 Å². The number of aliphatic imine (C=N–C) groups is 1. The Labute approximate surface area is 187 Å². The highest BCUT2D eigenvalue weighted by Gasteiger charge is 2.22. The van der Waals surface area contributed by atoms with Crippen molar-refractivity contribution in [2.24, 2.45) is 4.99 Å². The normalized spacial score (nSPS) is 21.4. The number of likely N-dealkylation sites (N-methyl/N-ethyl adjacent to an activating group) is 1. The van der Waals surface area contributed by atoms with Gasteiger partial charge in [-0.2, -0.15) is 0 Å². The monoisotopic (exact) mass is 501 g/mol. The molecular formula is C21H36IN5O. The lowest BCUT2D eigenvalue weighted by Gasteiger charge is -2.27. The number of hydrogen-bond acceptors (Lipinski definition) is 4. The number of nitrogens with one attached hydrogen (secondary N) is 2. The number of hydrogen-bond donors (Lipinski definition) is 2. The molecular weight excluding hydrogens is 465 g/mol. The molecule has 2 heterocycles. The topological polar surface area (TPSA) is 52.1 Å². The number of ether oxygens (including phenoxy) is 1. The third kappa shape index (κ3) is 6.86. The van der Waals surface area contributed by atoms with Crippen LogP contribution in [0.4, 0.5) is 0 Å². The zero-order valence-electron chi connectivity index (χ0n) is 17.3. The van der Waals surface area contributed by atoms with Crippen LogP contribution in [0.15, 0.2) is 29.3 Å². The van der Waals surface area contributed by atoms with Crippen molar-refractivity contribution < 1.29 is 4.74 Å². The SMILES string of the molecule is CCN1CCCC1CNC(=NC)NCc1ccccc1CN1CCOCC1.I. The number of morpholine rings is 1. The van der Waals surface area contributed by atoms with Crippen LogP contribution in [0.25, 0.3) is 0 Å². The molecule has 1 aromatic carbocycles. The smallest absolute Gasteiger partial charge is 0.191 e. The molecule has 1 atom stereocenters. The predicted octanol–water partition coefficient (Wildman–Crippen LogP) is 2.29. The van der Waals surface area contributed by atoms with Crippen LogP contribution in [0.1, 0.15) is 30.9 Å². The highest BCUT2D eigenvalue weighted by atomic mass is 127. The molecule has 1 unspecified atom stereocenters. The van der Waals surface area contributed by atoms with Crippen LogP contribution in [0, 0.1) is 0 Å². The van der Waals surface area contributed by atoms with Crippen molar-refractivity contribution in [3.05, 3.63) is 35.4 Å². The van der Waals surface area contributed by atoms with Gasteiger partial charge in [0, 0.05) is 45.8 Å². The lowest BCUT2D eigenvalue weighted by molar-refractivity contribution is 0.0341. The Bertz CT molecular complexity index is 606. The molecule has 2 N–H and O–H groups in total. The van der Waals surface area contributed by atoms with Gasteiger partial charge < -0.3 is 15.4 Å². The summed E-state index contributed by atoms with van der Waals surface area (Å²) in [4.78, 5) is 9.43. The lowest BCUT2D eigenvalue weighted by Crippen LogP contribution is -2.44. The van der Waals surface area contributed by atoms with Gasteiger partial charge in [-0.05, 0) is 37.1 Å². The zero-order chi connectivity index (χ0) is 18.9. The Morgan fingerprint density at radius 1 is 1.14 bits per heavy atom. The standard InChI is InChI=1S/C21H35N5O.HI/c1-3-26-10-6-9-20(26)16-24-21(22-2)23-15-18-7-4-5-8-19(18)17-25-11-13-27-14-12-25;/h4-5,7-8,20H,3,6,9-17H2,1-2H3,(H2,22,23,24);1H. The molecule has 1 aromatic rings. The third-order valence-electron chi connectivity index (χ3n) is 5.70. The maximum Gasteiger partial charge on any atom is 0.191 e. The molecule has 0 spiro atoms. The van der Waals surface area contributed by atoms with Crippen LogP contribution >= 0.6 is 24.0 Å². The first-order valence-electron chi connectivity index (χ1n) is 10.4. The van der Waals surface area contributed by atoms with E-state index >= 15 is 0 Å². The summed E-state index contributed by atoms with van der Waals surface area (Å²) in [6.45, 7) is 11.1. The molecule has 0 radical (unpaired) electrons. The van der Waals surface area contributed by atoms with Gasteiger partial charge in [0.2, 0.25) is 0 Å². The average molecular weight is 501 g/mol. The van der Waals surface area contributed by atoms with Crippen LogP contribution in [0.5, 0.6) is 0 Å². The van der Waals surface area contributed by atoms with Gasteiger partial charge in [0.25, 0.3) is 0 Å². The van der Waals surface area contributed by atoms with E-state index in [1.165, 1.54) is 30.5 Å². The second-order valence-corrected chi connectivity index (χ2v) is 7.39. The zero-order valence-corrected chi connectivity index (χ0v) is 19.7. The Morgan fingerprint density at radius 2 is 1.89 bits per heavy atom. The molecule has 0 aliphatic carbocycles. The van der Waals surface area contributed by atoms with Crippen molar-refractivity contribution in [3.8, 4) is 0 Å². The van der Waals surface area contributed by atoms with Crippen molar-refractivity contribution in [1.29, 1.82) is 0 Å². The van der Waals surface area contributed by atoms with Crippen LogP contribution in [0.2, 0.25) is 0 Å². The van der Waals surface area contributed by atoms with Gasteiger partial charge in [0.05, 0.1) is 13.2 Å². The van der Waals surface area contributed by atoms with Gasteiger partial charge in [-0.25, -0.2) is 0 Å². The van der Waals surface area contributed by atoms with Gasteiger partial charge in [-0.3, -0.25) is 14.8 Å². The van der Waals surface area contributed by atoms with Gasteiger partial charge >= 0.3 is 0 Å². The van der Waals surface area contributed by atoms with Gasteiger partial charge in [-0.15, -0.1) is 24.0 Å². The summed E-state index contributed by atoms with van der Waals surface area (Å²) in [5.74, 6) is 0.888. The number of guanidine groups is 1. The molecule has 28 heavy (non-hydrogen) atoms. The average Bonchev–Trinajstić information content (AvgIpc) is 3.17. The first-order chi connectivity index (χ1) is 13.3. The van der Waals surface area contributed by atoms with Crippen LogP contribution in [0.3, 0.4) is 0 Å². The molecule has 0 aromatic heterocycles. The Balaban J connectivity index is 0.00000280. The van der Waals surface area contributed by atoms with Crippen molar-refractivity contribution in [3.63, 3.8) is 0 Å². The Kier molecular flexibility index (Phi) is 10.5. The maximum absolute atomic E-state index is 5.46. The molecule has 6 nitrogen and oxygen atoms in total. The molecule has 0 amide bonds. The summed E-state index contributed by atoms with van der Waals surface area (Å²) in [5, 5.41) is 7.01. The third-order valence-corrected chi connectivity index (χ3v) is 5.70. The number of likely N-dealkylation sites (tertiary alicyclic amines) is 1. The van der Waals surface area contributed by atoms with E-state index < -0.39 is 0 Å². The first-order valence-corrected chi connectivity index (χ1v) is 10.4. The van der Waals surface area contributed by atoms with Crippen molar-refractivity contribution >= 4 is 29.9 Å². The predicted molar refractivity (Wildman–Crippen MR) is 126 cm³/mol. The van der Waals surface area contributed by atoms with Crippen LogP contribution < -0.4 is 10.6 Å². The minimum atomic E-state index is 0. The second kappa shape index (κ2) is 12.6. The minimum Gasteiger partial charge on any atom is -0.379 e. The first kappa shape index (κ1) is 23.4. The Morgan fingerprint density at radius 3 is 2.61 bits per heavy atom. The Hall–Kier alpha value is -0.900. The molecule has 0 saturated carbocycles.